The third-order valence-electron chi connectivity index (χ3n) is 2.79. The first-order chi connectivity index (χ1) is 6.11. The zero-order chi connectivity index (χ0) is 10.3. The summed E-state index contributed by atoms with van der Waals surface area (Å²) in [6.45, 7) is 6.35. The fraction of sp³-hybridized carbons (Fsp3) is 0.909. The quantitative estimate of drug-likeness (QED) is 0.662. The Hall–Kier alpha value is -0.530. The summed E-state index contributed by atoms with van der Waals surface area (Å²) >= 11 is 0. The summed E-state index contributed by atoms with van der Waals surface area (Å²) in [5.41, 5.74) is 0. The Morgan fingerprint density at radius 1 is 1.23 bits per heavy atom. The van der Waals surface area contributed by atoms with Crippen molar-refractivity contribution >= 4 is 5.97 Å². The van der Waals surface area contributed by atoms with Crippen molar-refractivity contribution in [3.63, 3.8) is 0 Å². The van der Waals surface area contributed by atoms with Crippen LogP contribution in [0.3, 0.4) is 0 Å². The lowest BCUT2D eigenvalue weighted by Crippen LogP contribution is -2.12. The van der Waals surface area contributed by atoms with Gasteiger partial charge in [-0.25, -0.2) is 0 Å². The van der Waals surface area contributed by atoms with Crippen LogP contribution >= 0.6 is 0 Å². The van der Waals surface area contributed by atoms with Crippen molar-refractivity contribution in [1.82, 2.24) is 0 Å². The molecule has 0 spiro atoms. The van der Waals surface area contributed by atoms with Gasteiger partial charge in [-0.1, -0.05) is 40.0 Å². The first-order valence-corrected chi connectivity index (χ1v) is 5.34. The van der Waals surface area contributed by atoms with Crippen LogP contribution < -0.4 is 0 Å². The molecule has 2 heteroatoms. The second kappa shape index (κ2) is 6.93. The van der Waals surface area contributed by atoms with Crippen LogP contribution in [0.5, 0.6) is 0 Å². The number of hydrogen-bond acceptors (Lipinski definition) is 1. The summed E-state index contributed by atoms with van der Waals surface area (Å²) in [4.78, 5) is 10.7. The van der Waals surface area contributed by atoms with E-state index in [4.69, 9.17) is 5.11 Å². The van der Waals surface area contributed by atoms with Gasteiger partial charge in [0.15, 0.2) is 0 Å². The van der Waals surface area contributed by atoms with Crippen molar-refractivity contribution in [2.24, 2.45) is 11.8 Å². The Bertz CT molecular complexity index is 143. The van der Waals surface area contributed by atoms with E-state index >= 15 is 0 Å². The van der Waals surface area contributed by atoms with Crippen molar-refractivity contribution in [1.29, 1.82) is 0 Å². The van der Waals surface area contributed by atoms with Gasteiger partial charge in [0.2, 0.25) is 0 Å². The molecule has 0 aliphatic carbocycles. The zero-order valence-corrected chi connectivity index (χ0v) is 9.05. The highest BCUT2D eigenvalue weighted by molar-refractivity contribution is 5.69. The Balaban J connectivity index is 3.55. The maximum absolute atomic E-state index is 10.7. The van der Waals surface area contributed by atoms with Crippen LogP contribution in [0.4, 0.5) is 0 Å². The molecule has 0 saturated heterocycles. The summed E-state index contributed by atoms with van der Waals surface area (Å²) in [5.74, 6) is -0.0120. The van der Waals surface area contributed by atoms with E-state index in [1.807, 2.05) is 6.92 Å². The summed E-state index contributed by atoms with van der Waals surface area (Å²) in [6, 6.07) is 0. The lowest BCUT2D eigenvalue weighted by atomic mass is 9.95. The number of rotatable bonds is 7. The first kappa shape index (κ1) is 12.5. The maximum Gasteiger partial charge on any atom is 0.306 e. The second-order valence-electron chi connectivity index (χ2n) is 3.89. The summed E-state index contributed by atoms with van der Waals surface area (Å²) in [7, 11) is 0. The average Bonchev–Trinajstić information content (AvgIpc) is 2.11. The molecule has 2 unspecified atom stereocenters. The molecular formula is C11H22O2. The molecule has 2 atom stereocenters. The van der Waals surface area contributed by atoms with E-state index in [9.17, 15) is 4.79 Å². The lowest BCUT2D eigenvalue weighted by molar-refractivity contribution is -0.142. The standard InChI is InChI=1S/C11H22O2/c1-4-9(3)7-6-8-10(5-2)11(12)13/h9-10H,4-8H2,1-3H3,(H,12,13). The van der Waals surface area contributed by atoms with Gasteiger partial charge in [-0.15, -0.1) is 0 Å². The van der Waals surface area contributed by atoms with Gasteiger partial charge in [-0.05, 0) is 18.8 Å². The molecule has 0 fully saturated rings. The second-order valence-corrected chi connectivity index (χ2v) is 3.89. The molecule has 0 heterocycles. The first-order valence-electron chi connectivity index (χ1n) is 5.34. The van der Waals surface area contributed by atoms with Crippen molar-refractivity contribution in [3.05, 3.63) is 0 Å². The molecule has 0 radical (unpaired) electrons. The molecule has 2 nitrogen and oxygen atoms in total. The van der Waals surface area contributed by atoms with Crippen LogP contribution in [0.25, 0.3) is 0 Å². The molecule has 0 aromatic rings. The van der Waals surface area contributed by atoms with Gasteiger partial charge in [0.25, 0.3) is 0 Å². The van der Waals surface area contributed by atoms with Crippen molar-refractivity contribution in [3.8, 4) is 0 Å². The highest BCUT2D eigenvalue weighted by Crippen LogP contribution is 2.17. The topological polar surface area (TPSA) is 37.3 Å². The predicted molar refractivity (Wildman–Crippen MR) is 54.7 cm³/mol. The molecule has 0 saturated carbocycles. The SMILES string of the molecule is CCC(C)CCCC(CC)C(=O)O. The summed E-state index contributed by atoms with van der Waals surface area (Å²) < 4.78 is 0. The van der Waals surface area contributed by atoms with Crippen LogP contribution in [0, 0.1) is 11.8 Å². The number of aliphatic carboxylic acids is 1. The molecular weight excluding hydrogens is 164 g/mol. The van der Waals surface area contributed by atoms with E-state index in [0.29, 0.717) is 0 Å². The maximum atomic E-state index is 10.7. The van der Waals surface area contributed by atoms with E-state index in [1.165, 1.54) is 12.8 Å². The van der Waals surface area contributed by atoms with Crippen molar-refractivity contribution < 1.29 is 9.90 Å². The minimum atomic E-state index is -0.633. The smallest absolute Gasteiger partial charge is 0.306 e. The van der Waals surface area contributed by atoms with Crippen LogP contribution in [-0.2, 0) is 4.79 Å². The van der Waals surface area contributed by atoms with Crippen molar-refractivity contribution in [2.75, 3.05) is 0 Å². The molecule has 0 aliphatic rings. The molecule has 13 heavy (non-hydrogen) atoms. The Labute approximate surface area is 81.3 Å². The third-order valence-corrected chi connectivity index (χ3v) is 2.79. The summed E-state index contributed by atoms with van der Waals surface area (Å²) in [5, 5.41) is 8.80. The zero-order valence-electron chi connectivity index (χ0n) is 9.05. The monoisotopic (exact) mass is 186 g/mol. The van der Waals surface area contributed by atoms with E-state index in [0.717, 1.165) is 25.2 Å². The number of carboxylic acid groups (broad SMARTS) is 1. The van der Waals surface area contributed by atoms with Crippen molar-refractivity contribution in [2.45, 2.75) is 52.9 Å². The third kappa shape index (κ3) is 5.67. The van der Waals surface area contributed by atoms with Gasteiger partial charge in [0.1, 0.15) is 0 Å². The predicted octanol–water partition coefficient (Wildman–Crippen LogP) is 3.31. The molecule has 0 aliphatic heterocycles. The highest BCUT2D eigenvalue weighted by Gasteiger charge is 2.14. The fourth-order valence-corrected chi connectivity index (χ4v) is 1.42. The summed E-state index contributed by atoms with van der Waals surface area (Å²) in [6.07, 6.45) is 5.02. The van der Waals surface area contributed by atoms with Gasteiger partial charge < -0.3 is 5.11 Å². The van der Waals surface area contributed by atoms with Crippen LogP contribution in [0.15, 0.2) is 0 Å². The van der Waals surface area contributed by atoms with Gasteiger partial charge >= 0.3 is 5.97 Å². The van der Waals surface area contributed by atoms with Crippen LogP contribution in [-0.4, -0.2) is 11.1 Å². The Morgan fingerprint density at radius 2 is 1.85 bits per heavy atom. The molecule has 1 N–H and O–H groups in total. The number of carboxylic acids is 1. The van der Waals surface area contributed by atoms with Gasteiger partial charge in [-0.3, -0.25) is 4.79 Å². The minimum Gasteiger partial charge on any atom is -0.481 e. The molecule has 0 bridgehead atoms. The number of carbonyl (C=O) groups is 1. The Kier molecular flexibility index (Phi) is 6.65. The number of hydrogen-bond donors (Lipinski definition) is 1. The van der Waals surface area contributed by atoms with Gasteiger partial charge in [0, 0.05) is 0 Å². The molecule has 0 aromatic heterocycles. The van der Waals surface area contributed by atoms with Crippen LogP contribution in [0.2, 0.25) is 0 Å². The molecule has 78 valence electrons. The normalized spacial score (nSPS) is 15.3. The molecule has 0 rings (SSSR count). The van der Waals surface area contributed by atoms with E-state index in [1.54, 1.807) is 0 Å². The van der Waals surface area contributed by atoms with E-state index in [-0.39, 0.29) is 5.92 Å². The Morgan fingerprint density at radius 3 is 2.23 bits per heavy atom. The average molecular weight is 186 g/mol. The molecule has 0 amide bonds. The molecule has 0 aromatic carbocycles. The fourth-order valence-electron chi connectivity index (χ4n) is 1.42. The van der Waals surface area contributed by atoms with Crippen LogP contribution in [0.1, 0.15) is 52.9 Å². The largest absolute Gasteiger partial charge is 0.481 e. The lowest BCUT2D eigenvalue weighted by Gasteiger charge is -2.11. The van der Waals surface area contributed by atoms with E-state index < -0.39 is 5.97 Å². The van der Waals surface area contributed by atoms with E-state index in [2.05, 4.69) is 13.8 Å². The highest BCUT2D eigenvalue weighted by atomic mass is 16.4. The minimum absolute atomic E-state index is 0.121. The van der Waals surface area contributed by atoms with Gasteiger partial charge in [0.05, 0.1) is 5.92 Å². The van der Waals surface area contributed by atoms with Gasteiger partial charge in [-0.2, -0.15) is 0 Å².